The van der Waals surface area contributed by atoms with Gasteiger partial charge in [0, 0.05) is 30.3 Å². The van der Waals surface area contributed by atoms with Gasteiger partial charge in [-0.15, -0.1) is 0 Å². The van der Waals surface area contributed by atoms with E-state index in [9.17, 15) is 0 Å². The average Bonchev–Trinajstić information content (AvgIpc) is 2.47. The van der Waals surface area contributed by atoms with E-state index in [-0.39, 0.29) is 0 Å². The van der Waals surface area contributed by atoms with E-state index in [2.05, 4.69) is 14.3 Å². The van der Waals surface area contributed by atoms with E-state index < -0.39 is 0 Å². The predicted molar refractivity (Wildman–Crippen MR) is 75.3 cm³/mol. The van der Waals surface area contributed by atoms with E-state index in [0.29, 0.717) is 0 Å². The molecule has 1 aromatic rings. The highest BCUT2D eigenvalue weighted by molar-refractivity contribution is 7.98. The molecule has 0 N–H and O–H groups in total. The van der Waals surface area contributed by atoms with Crippen molar-refractivity contribution in [1.29, 1.82) is 0 Å². The van der Waals surface area contributed by atoms with Crippen LogP contribution in [0.25, 0.3) is 0 Å². The number of rotatable bonds is 2. The van der Waals surface area contributed by atoms with Gasteiger partial charge in [0.05, 0.1) is 7.11 Å². The summed E-state index contributed by atoms with van der Waals surface area (Å²) < 4.78 is 9.66. The second-order valence-electron chi connectivity index (χ2n) is 3.95. The highest BCUT2D eigenvalue weighted by atomic mass is 32.2. The minimum absolute atomic E-state index is 0.850. The smallest absolute Gasteiger partial charge is 0.167 e. The Labute approximate surface area is 110 Å². The molecule has 0 spiro atoms. The van der Waals surface area contributed by atoms with E-state index in [1.54, 1.807) is 19.1 Å². The minimum atomic E-state index is 0.850. The van der Waals surface area contributed by atoms with Crippen LogP contribution in [0.1, 0.15) is 5.56 Å². The summed E-state index contributed by atoms with van der Waals surface area (Å²) in [7, 11) is 1.67. The van der Waals surface area contributed by atoms with Crippen molar-refractivity contribution in [2.45, 2.75) is 0 Å². The van der Waals surface area contributed by atoms with Gasteiger partial charge in [0.2, 0.25) is 0 Å². The monoisotopic (exact) mass is 259 g/mol. The van der Waals surface area contributed by atoms with Crippen LogP contribution in [0.2, 0.25) is 0 Å². The van der Waals surface area contributed by atoms with Crippen LogP contribution in [0.4, 0.5) is 0 Å². The van der Waals surface area contributed by atoms with Gasteiger partial charge in [0.1, 0.15) is 11.5 Å². The van der Waals surface area contributed by atoms with Crippen molar-refractivity contribution in [3.05, 3.63) is 42.2 Å². The molecule has 0 atom stereocenters. The van der Waals surface area contributed by atoms with Crippen LogP contribution in [0.5, 0.6) is 5.75 Å². The number of hydrogen-bond donors (Lipinski definition) is 0. The van der Waals surface area contributed by atoms with Crippen molar-refractivity contribution >= 4 is 23.5 Å². The fourth-order valence-corrected chi connectivity index (χ4v) is 2.61. The minimum Gasteiger partial charge on any atom is -0.497 e. The second-order valence-corrected chi connectivity index (χ2v) is 4.79. The van der Waals surface area contributed by atoms with Crippen molar-refractivity contribution in [1.82, 2.24) is 4.90 Å². The van der Waals surface area contributed by atoms with E-state index in [0.717, 1.165) is 35.2 Å². The molecule has 4 nitrogen and oxygen atoms in total. The van der Waals surface area contributed by atoms with Crippen LogP contribution in [-0.2, 0) is 0 Å². The Bertz CT molecular complexity index is 534. The zero-order valence-corrected chi connectivity index (χ0v) is 10.9. The molecule has 0 saturated heterocycles. The Morgan fingerprint density at radius 3 is 2.89 bits per heavy atom. The van der Waals surface area contributed by atoms with Gasteiger partial charge in [-0.05, 0) is 36.2 Å². The van der Waals surface area contributed by atoms with Crippen LogP contribution in [0, 0.1) is 0 Å². The third-order valence-corrected chi connectivity index (χ3v) is 3.54. The van der Waals surface area contributed by atoms with Crippen molar-refractivity contribution < 1.29 is 4.74 Å². The molecule has 3 rings (SSSR count). The summed E-state index contributed by atoms with van der Waals surface area (Å²) in [6.07, 6.45) is 3.81. The van der Waals surface area contributed by atoms with Crippen LogP contribution in [0.3, 0.4) is 0 Å². The molecule has 2 aliphatic heterocycles. The van der Waals surface area contributed by atoms with Gasteiger partial charge in [0.15, 0.2) is 5.84 Å². The van der Waals surface area contributed by atoms with E-state index >= 15 is 0 Å². The summed E-state index contributed by atoms with van der Waals surface area (Å²) in [6.45, 7) is 0.981. The normalized spacial score (nSPS) is 17.9. The average molecular weight is 259 g/mol. The van der Waals surface area contributed by atoms with E-state index in [1.807, 2.05) is 36.7 Å². The van der Waals surface area contributed by atoms with Gasteiger partial charge in [0.25, 0.3) is 0 Å². The first-order chi connectivity index (χ1) is 8.88. The first-order valence-corrected chi connectivity index (χ1v) is 6.68. The molecule has 2 aliphatic rings. The van der Waals surface area contributed by atoms with Gasteiger partial charge in [-0.3, -0.25) is 4.99 Å². The Morgan fingerprint density at radius 2 is 2.11 bits per heavy atom. The summed E-state index contributed by atoms with van der Waals surface area (Å²) >= 11 is 1.59. The first-order valence-electron chi connectivity index (χ1n) is 5.74. The molecule has 2 heterocycles. The van der Waals surface area contributed by atoms with Crippen LogP contribution in [-0.4, -0.2) is 35.9 Å². The number of fused-ring (bicyclic) bond motifs is 1. The van der Waals surface area contributed by atoms with Gasteiger partial charge < -0.3 is 9.64 Å². The first kappa shape index (κ1) is 11.3. The van der Waals surface area contributed by atoms with Gasteiger partial charge >= 0.3 is 0 Å². The largest absolute Gasteiger partial charge is 0.497 e. The van der Waals surface area contributed by atoms with Gasteiger partial charge in [-0.2, -0.15) is 4.40 Å². The number of ether oxygens (including phenoxy) is 1. The third-order valence-electron chi connectivity index (χ3n) is 2.87. The molecule has 5 heteroatoms. The summed E-state index contributed by atoms with van der Waals surface area (Å²) in [4.78, 5) is 6.59. The maximum atomic E-state index is 5.16. The standard InChI is InChI=1S/C13H13N3OS/c1-17-11-4-2-10(3-5-11)12-13-15-18-9-8-16(13)7-6-14-12/h2-7H,8-9H2,1H3. The zero-order valence-electron chi connectivity index (χ0n) is 10.0. The molecular formula is C13H13N3OS. The fourth-order valence-electron chi connectivity index (χ4n) is 1.93. The molecule has 1 aromatic carbocycles. The van der Waals surface area contributed by atoms with Crippen molar-refractivity contribution in [3.63, 3.8) is 0 Å². The number of amidine groups is 1. The van der Waals surface area contributed by atoms with Crippen molar-refractivity contribution in [2.75, 3.05) is 19.4 Å². The zero-order chi connectivity index (χ0) is 12.4. The Balaban J connectivity index is 1.96. The summed E-state index contributed by atoms with van der Waals surface area (Å²) in [5.41, 5.74) is 1.98. The Morgan fingerprint density at radius 1 is 1.28 bits per heavy atom. The van der Waals surface area contributed by atoms with Crippen LogP contribution < -0.4 is 4.74 Å². The molecule has 18 heavy (non-hydrogen) atoms. The Kier molecular flexibility index (Phi) is 3.06. The molecular weight excluding hydrogens is 246 g/mol. The fraction of sp³-hybridized carbons (Fsp3) is 0.231. The SMILES string of the molecule is COc1ccc(C2=NC=CN3CCSN=C23)cc1. The lowest BCUT2D eigenvalue weighted by atomic mass is 10.1. The molecule has 0 aromatic heterocycles. The molecule has 92 valence electrons. The summed E-state index contributed by atoms with van der Waals surface area (Å²) in [5.74, 6) is 2.81. The molecule has 0 unspecified atom stereocenters. The maximum Gasteiger partial charge on any atom is 0.167 e. The topological polar surface area (TPSA) is 37.2 Å². The van der Waals surface area contributed by atoms with Crippen LogP contribution >= 0.6 is 11.9 Å². The highest BCUT2D eigenvalue weighted by Crippen LogP contribution is 2.20. The number of hydrogen-bond acceptors (Lipinski definition) is 5. The summed E-state index contributed by atoms with van der Waals surface area (Å²) in [5, 5.41) is 0. The van der Waals surface area contributed by atoms with Crippen molar-refractivity contribution in [3.8, 4) is 5.75 Å². The number of methoxy groups -OCH3 is 1. The van der Waals surface area contributed by atoms with Crippen LogP contribution in [0.15, 0.2) is 46.1 Å². The predicted octanol–water partition coefficient (Wildman–Crippen LogP) is 2.33. The van der Waals surface area contributed by atoms with E-state index in [4.69, 9.17) is 4.74 Å². The van der Waals surface area contributed by atoms with Crippen molar-refractivity contribution in [2.24, 2.45) is 9.39 Å². The third kappa shape index (κ3) is 2.01. The molecule has 0 aliphatic carbocycles. The molecule has 0 saturated carbocycles. The lowest BCUT2D eigenvalue weighted by Gasteiger charge is -2.28. The number of benzene rings is 1. The number of aliphatic imine (C=N–C) groups is 1. The quantitative estimate of drug-likeness (QED) is 0.765. The molecule has 0 radical (unpaired) electrons. The summed E-state index contributed by atoms with van der Waals surface area (Å²) in [6, 6.07) is 7.90. The maximum absolute atomic E-state index is 5.16. The molecule has 0 amide bonds. The van der Waals surface area contributed by atoms with E-state index in [1.165, 1.54) is 0 Å². The van der Waals surface area contributed by atoms with Gasteiger partial charge in [-0.1, -0.05) is 0 Å². The van der Waals surface area contributed by atoms with Gasteiger partial charge in [-0.25, -0.2) is 0 Å². The molecule has 0 bridgehead atoms. The molecule has 0 fully saturated rings. The number of nitrogens with zero attached hydrogens (tertiary/aromatic N) is 3. The highest BCUT2D eigenvalue weighted by Gasteiger charge is 2.22. The lowest BCUT2D eigenvalue weighted by Crippen LogP contribution is -2.38. The Hall–Kier alpha value is -1.75. The second kappa shape index (κ2) is 4.86. The lowest BCUT2D eigenvalue weighted by molar-refractivity contribution is 0.415.